The van der Waals surface area contributed by atoms with E-state index in [9.17, 15) is 23.4 Å². The molecule has 2 heterocycles. The average molecular weight is 543 g/mol. The molecule has 1 saturated heterocycles. The summed E-state index contributed by atoms with van der Waals surface area (Å²) in [6.07, 6.45) is 1.71. The summed E-state index contributed by atoms with van der Waals surface area (Å²) >= 11 is 0. The topological polar surface area (TPSA) is 148 Å². The van der Waals surface area contributed by atoms with Gasteiger partial charge in [0.1, 0.15) is 5.75 Å². The van der Waals surface area contributed by atoms with Gasteiger partial charge in [-0.15, -0.1) is 0 Å². The maximum absolute atomic E-state index is 13.4. The number of anilines is 3. The van der Waals surface area contributed by atoms with Gasteiger partial charge in [-0.2, -0.15) is 0 Å². The number of likely N-dealkylation sites (N-methyl/N-ethyl adjacent to an activating group) is 1. The molecule has 0 unspecified atom stereocenters. The first kappa shape index (κ1) is 27.6. The number of piperidine rings is 1. The van der Waals surface area contributed by atoms with E-state index in [0.29, 0.717) is 55.5 Å². The van der Waals surface area contributed by atoms with Crippen LogP contribution in [0.4, 0.5) is 17.3 Å². The molecule has 0 atom stereocenters. The minimum atomic E-state index is -3.85. The van der Waals surface area contributed by atoms with Gasteiger partial charge in [-0.05, 0) is 63.5 Å². The molecule has 0 bridgehead atoms. The highest BCUT2D eigenvalue weighted by atomic mass is 32.2. The number of benzene rings is 2. The van der Waals surface area contributed by atoms with Crippen LogP contribution in [0, 0.1) is 0 Å². The maximum Gasteiger partial charge on any atom is 0.237 e. The summed E-state index contributed by atoms with van der Waals surface area (Å²) in [6, 6.07) is 12.0. The number of aryl methyl sites for hydroxylation is 1. The van der Waals surface area contributed by atoms with E-state index >= 15 is 0 Å². The van der Waals surface area contributed by atoms with Crippen LogP contribution in [0.25, 0.3) is 11.0 Å². The van der Waals surface area contributed by atoms with Gasteiger partial charge in [0.2, 0.25) is 15.9 Å². The van der Waals surface area contributed by atoms with E-state index in [1.807, 2.05) is 20.2 Å². The maximum atomic E-state index is 13.4. The van der Waals surface area contributed by atoms with Crippen molar-refractivity contribution in [2.45, 2.75) is 30.9 Å². The summed E-state index contributed by atoms with van der Waals surface area (Å²) in [7, 11) is -0.206. The first-order valence-corrected chi connectivity index (χ1v) is 14.1. The lowest BCUT2D eigenvalue weighted by atomic mass is 10.1. The summed E-state index contributed by atoms with van der Waals surface area (Å²) in [5.41, 5.74) is 2.46. The molecule has 4 rings (SSSR count). The molecule has 1 aliphatic rings. The van der Waals surface area contributed by atoms with Crippen LogP contribution >= 0.6 is 0 Å². The number of para-hydroxylation sites is 2. The van der Waals surface area contributed by atoms with Crippen LogP contribution in [-0.4, -0.2) is 89.9 Å². The number of nitrogens with one attached hydrogen (secondary N) is 2. The molecule has 1 fully saturated rings. The number of aromatic hydroxyl groups is 1. The Morgan fingerprint density at radius 1 is 1.08 bits per heavy atom. The highest BCUT2D eigenvalue weighted by Crippen LogP contribution is 2.31. The van der Waals surface area contributed by atoms with Crippen LogP contribution < -0.4 is 10.0 Å². The molecule has 1 amide bonds. The van der Waals surface area contributed by atoms with Gasteiger partial charge < -0.3 is 25.3 Å². The number of phenols is 1. The number of likely N-dealkylation sites (tertiary alicyclic amines) is 1. The van der Waals surface area contributed by atoms with Gasteiger partial charge >= 0.3 is 0 Å². The molecule has 1 aliphatic heterocycles. The van der Waals surface area contributed by atoms with Crippen molar-refractivity contribution in [3.8, 4) is 5.75 Å². The highest BCUT2D eigenvalue weighted by molar-refractivity contribution is 7.93. The van der Waals surface area contributed by atoms with E-state index in [1.54, 1.807) is 40.1 Å². The predicted octanol–water partition coefficient (Wildman–Crippen LogP) is 2.30. The molecule has 3 aromatic rings. The molecular formula is C26H34N6O5S. The Balaban J connectivity index is 1.60. The van der Waals surface area contributed by atoms with Crippen molar-refractivity contribution < 1.29 is 23.4 Å². The van der Waals surface area contributed by atoms with Crippen molar-refractivity contribution in [3.05, 3.63) is 48.0 Å². The molecule has 0 radical (unpaired) electrons. The zero-order valence-corrected chi connectivity index (χ0v) is 22.4. The molecule has 0 aliphatic carbocycles. The molecular weight excluding hydrogens is 508 g/mol. The number of rotatable bonds is 10. The normalized spacial score (nSPS) is 14.7. The Kier molecular flexibility index (Phi) is 8.65. The van der Waals surface area contributed by atoms with E-state index in [1.165, 1.54) is 6.07 Å². The van der Waals surface area contributed by atoms with Gasteiger partial charge in [-0.25, -0.2) is 18.4 Å². The minimum absolute atomic E-state index is 0.0146. The van der Waals surface area contributed by atoms with E-state index in [0.717, 1.165) is 5.56 Å². The number of fused-ring (bicyclic) bond motifs is 1. The first-order chi connectivity index (χ1) is 18.2. The fourth-order valence-electron chi connectivity index (χ4n) is 4.46. The summed E-state index contributed by atoms with van der Waals surface area (Å²) in [5, 5.41) is 21.8. The molecule has 0 spiro atoms. The molecule has 11 nitrogen and oxygen atoms in total. The monoisotopic (exact) mass is 542 g/mol. The third-order valence-electron chi connectivity index (χ3n) is 6.45. The number of nitrogens with zero attached hydrogens (tertiary/aromatic N) is 4. The van der Waals surface area contributed by atoms with Crippen LogP contribution in [0.2, 0.25) is 0 Å². The third kappa shape index (κ3) is 6.69. The first-order valence-electron chi connectivity index (χ1n) is 12.6. The lowest BCUT2D eigenvalue weighted by molar-refractivity contribution is -0.132. The predicted molar refractivity (Wildman–Crippen MR) is 147 cm³/mol. The van der Waals surface area contributed by atoms with Gasteiger partial charge in [0.15, 0.2) is 11.6 Å². The summed E-state index contributed by atoms with van der Waals surface area (Å²) in [5.74, 6) is 0.258. The number of hydrogen-bond donors (Lipinski definition) is 4. The third-order valence-corrected chi connectivity index (χ3v) is 8.27. The number of phenolic OH excluding ortho intramolecular Hbond substituents is 1. The number of aliphatic hydroxyl groups excluding tert-OH is 1. The summed E-state index contributed by atoms with van der Waals surface area (Å²) in [6.45, 7) is 1.03. The van der Waals surface area contributed by atoms with Gasteiger partial charge in [0, 0.05) is 31.5 Å². The van der Waals surface area contributed by atoms with E-state index in [4.69, 9.17) is 0 Å². The zero-order chi connectivity index (χ0) is 27.3. The summed E-state index contributed by atoms with van der Waals surface area (Å²) in [4.78, 5) is 25.0. The SMILES string of the molecule is CN(C)CC(=O)N1CCC(S(=O)(=O)Nc2nc3ccccc3nc2Nc2cc(O)ccc2CCCO)CC1. The van der Waals surface area contributed by atoms with Crippen LogP contribution in [0.1, 0.15) is 24.8 Å². The van der Waals surface area contributed by atoms with Crippen molar-refractivity contribution in [3.63, 3.8) is 0 Å². The second kappa shape index (κ2) is 11.9. The fraction of sp³-hybridized carbons (Fsp3) is 0.423. The smallest absolute Gasteiger partial charge is 0.237 e. The van der Waals surface area contributed by atoms with Crippen molar-refractivity contribution in [1.29, 1.82) is 0 Å². The van der Waals surface area contributed by atoms with Crippen molar-refractivity contribution in [1.82, 2.24) is 19.8 Å². The standard InChI is InChI=1S/C26H34N6O5S/c1-31(2)17-24(35)32-13-11-20(12-14-32)38(36,37)30-26-25(27-21-7-3-4-8-22(21)28-26)29-23-16-19(34)10-9-18(23)6-5-15-33/h3-4,7-10,16,20,33-34H,5-6,11-15,17H2,1-2H3,(H,27,29)(H,28,30). The second-order valence-corrected chi connectivity index (χ2v) is 11.6. The number of hydrogen-bond acceptors (Lipinski definition) is 9. The molecule has 38 heavy (non-hydrogen) atoms. The van der Waals surface area contributed by atoms with Gasteiger partial charge in [0.25, 0.3) is 0 Å². The number of aromatic nitrogens is 2. The fourth-order valence-corrected chi connectivity index (χ4v) is 5.87. The van der Waals surface area contributed by atoms with E-state index < -0.39 is 15.3 Å². The molecule has 1 aromatic heterocycles. The largest absolute Gasteiger partial charge is 0.508 e. The minimum Gasteiger partial charge on any atom is -0.508 e. The Morgan fingerprint density at radius 3 is 2.37 bits per heavy atom. The number of carbonyl (C=O) groups excluding carboxylic acids is 1. The van der Waals surface area contributed by atoms with Crippen LogP contribution in [0.5, 0.6) is 5.75 Å². The Labute approximate surface area is 222 Å². The van der Waals surface area contributed by atoms with Crippen LogP contribution in [0.15, 0.2) is 42.5 Å². The lowest BCUT2D eigenvalue weighted by Gasteiger charge is -2.32. The Morgan fingerprint density at radius 2 is 1.74 bits per heavy atom. The van der Waals surface area contributed by atoms with Crippen LogP contribution in [0.3, 0.4) is 0 Å². The molecule has 12 heteroatoms. The Hall–Kier alpha value is -3.48. The summed E-state index contributed by atoms with van der Waals surface area (Å²) < 4.78 is 29.5. The molecule has 2 aromatic carbocycles. The van der Waals surface area contributed by atoms with E-state index in [2.05, 4.69) is 20.0 Å². The van der Waals surface area contributed by atoms with Crippen molar-refractivity contribution in [2.24, 2.45) is 0 Å². The van der Waals surface area contributed by atoms with Crippen molar-refractivity contribution in [2.75, 3.05) is 50.4 Å². The van der Waals surface area contributed by atoms with Crippen LogP contribution in [-0.2, 0) is 21.2 Å². The number of aliphatic hydroxyl groups is 1. The lowest BCUT2D eigenvalue weighted by Crippen LogP contribution is -2.46. The zero-order valence-electron chi connectivity index (χ0n) is 21.6. The highest BCUT2D eigenvalue weighted by Gasteiger charge is 2.32. The van der Waals surface area contributed by atoms with Gasteiger partial charge in [-0.1, -0.05) is 18.2 Å². The van der Waals surface area contributed by atoms with Gasteiger partial charge in [0.05, 0.1) is 22.8 Å². The number of sulfonamides is 1. The van der Waals surface area contributed by atoms with Crippen molar-refractivity contribution >= 4 is 44.3 Å². The second-order valence-electron chi connectivity index (χ2n) is 9.67. The quantitative estimate of drug-likeness (QED) is 0.303. The molecule has 204 valence electrons. The average Bonchev–Trinajstić information content (AvgIpc) is 2.88. The van der Waals surface area contributed by atoms with Gasteiger partial charge in [-0.3, -0.25) is 9.52 Å². The number of carbonyl (C=O) groups is 1. The Bertz CT molecular complexity index is 1390. The van der Waals surface area contributed by atoms with E-state index in [-0.39, 0.29) is 36.4 Å². The molecule has 0 saturated carbocycles. The molecule has 4 N–H and O–H groups in total. The number of amides is 1.